The Morgan fingerprint density at radius 3 is 2.68 bits per heavy atom. The molecule has 3 rings (SSSR count). The van der Waals surface area contributed by atoms with E-state index in [1.54, 1.807) is 7.11 Å². The van der Waals surface area contributed by atoms with E-state index in [2.05, 4.69) is 17.4 Å². The van der Waals surface area contributed by atoms with Crippen molar-refractivity contribution in [1.82, 2.24) is 5.32 Å². The first kappa shape index (κ1) is 11.9. The van der Waals surface area contributed by atoms with Gasteiger partial charge >= 0.3 is 0 Å². The molecule has 1 aliphatic rings. The minimum atomic E-state index is 0.0454. The molecular weight excluding hydrogens is 238 g/mol. The van der Waals surface area contributed by atoms with Crippen molar-refractivity contribution in [2.75, 3.05) is 13.7 Å². The number of carbonyl (C=O) groups excluding carboxylic acids is 1. The average Bonchev–Trinajstić information content (AvgIpc) is 2.48. The molecule has 1 heterocycles. The summed E-state index contributed by atoms with van der Waals surface area (Å²) >= 11 is 0. The second-order valence-electron chi connectivity index (χ2n) is 4.60. The summed E-state index contributed by atoms with van der Waals surface area (Å²) in [4.78, 5) is 12.0. The lowest BCUT2D eigenvalue weighted by atomic mass is 9.89. The van der Waals surface area contributed by atoms with E-state index in [-0.39, 0.29) is 11.8 Å². The molecule has 1 unspecified atom stereocenters. The van der Waals surface area contributed by atoms with Gasteiger partial charge in [-0.1, -0.05) is 30.3 Å². The fourth-order valence-corrected chi connectivity index (χ4v) is 2.50. The number of methoxy groups -OCH3 is 1. The van der Waals surface area contributed by atoms with Gasteiger partial charge in [-0.25, -0.2) is 0 Å². The van der Waals surface area contributed by atoms with E-state index in [1.807, 2.05) is 36.4 Å². The molecule has 19 heavy (non-hydrogen) atoms. The van der Waals surface area contributed by atoms with Gasteiger partial charge in [-0.05, 0) is 29.3 Å². The van der Waals surface area contributed by atoms with Crippen LogP contribution in [0, 0.1) is 0 Å². The molecule has 0 saturated heterocycles. The van der Waals surface area contributed by atoms with Crippen molar-refractivity contribution >= 4 is 5.78 Å². The van der Waals surface area contributed by atoms with E-state index in [9.17, 15) is 4.79 Å². The molecule has 96 valence electrons. The van der Waals surface area contributed by atoms with Crippen LogP contribution in [0.4, 0.5) is 0 Å². The van der Waals surface area contributed by atoms with Crippen LogP contribution in [0.15, 0.2) is 48.5 Å². The molecule has 0 spiro atoms. The van der Waals surface area contributed by atoms with E-state index >= 15 is 0 Å². The van der Waals surface area contributed by atoms with Crippen LogP contribution in [0.3, 0.4) is 0 Å². The molecule has 0 fully saturated rings. The summed E-state index contributed by atoms with van der Waals surface area (Å²) in [5.74, 6) is 0.904. The minimum absolute atomic E-state index is 0.0454. The van der Waals surface area contributed by atoms with E-state index in [0.29, 0.717) is 6.54 Å². The lowest BCUT2D eigenvalue weighted by Crippen LogP contribution is -2.35. The van der Waals surface area contributed by atoms with Gasteiger partial charge in [-0.15, -0.1) is 0 Å². The van der Waals surface area contributed by atoms with Crippen molar-refractivity contribution in [2.45, 2.75) is 6.04 Å². The second-order valence-corrected chi connectivity index (χ2v) is 4.60. The number of hydrogen-bond donors (Lipinski definition) is 1. The minimum Gasteiger partial charge on any atom is -0.497 e. The van der Waals surface area contributed by atoms with Crippen molar-refractivity contribution in [2.24, 2.45) is 0 Å². The topological polar surface area (TPSA) is 38.3 Å². The quantitative estimate of drug-likeness (QED) is 0.894. The van der Waals surface area contributed by atoms with Crippen LogP contribution < -0.4 is 10.1 Å². The van der Waals surface area contributed by atoms with Crippen LogP contribution in [0.2, 0.25) is 0 Å². The first-order valence-corrected chi connectivity index (χ1v) is 6.29. The Labute approximate surface area is 112 Å². The molecule has 0 amide bonds. The summed E-state index contributed by atoms with van der Waals surface area (Å²) < 4.78 is 5.26. The highest BCUT2D eigenvalue weighted by molar-refractivity contribution is 6.00. The Bertz CT molecular complexity index is 607. The van der Waals surface area contributed by atoms with Gasteiger partial charge in [-0.3, -0.25) is 10.1 Å². The highest BCUT2D eigenvalue weighted by Crippen LogP contribution is 2.31. The van der Waals surface area contributed by atoms with Crippen molar-refractivity contribution in [3.63, 3.8) is 0 Å². The fraction of sp³-hybridized carbons (Fsp3) is 0.188. The van der Waals surface area contributed by atoms with Gasteiger partial charge in [0.2, 0.25) is 0 Å². The van der Waals surface area contributed by atoms with Crippen LogP contribution in [-0.4, -0.2) is 19.4 Å². The van der Waals surface area contributed by atoms with Gasteiger partial charge in [0, 0.05) is 5.56 Å². The number of ether oxygens (including phenoxy) is 1. The third-order valence-corrected chi connectivity index (χ3v) is 3.47. The standard InChI is InChI=1S/C16H15NO2/c1-19-12-7-8-13-14(9-12)16(17-10-15(13)18)11-5-3-2-4-6-11/h2-9,16-17H,10H2,1H3. The SMILES string of the molecule is COc1ccc2c(c1)C(c1ccccc1)NCC2=O. The zero-order chi connectivity index (χ0) is 13.2. The van der Waals surface area contributed by atoms with E-state index in [4.69, 9.17) is 4.74 Å². The smallest absolute Gasteiger partial charge is 0.176 e. The van der Waals surface area contributed by atoms with Crippen LogP contribution in [-0.2, 0) is 0 Å². The first-order chi connectivity index (χ1) is 9.29. The number of nitrogens with one attached hydrogen (secondary N) is 1. The summed E-state index contributed by atoms with van der Waals surface area (Å²) in [6.07, 6.45) is 0. The predicted octanol–water partition coefficient (Wildman–Crippen LogP) is 2.57. The van der Waals surface area contributed by atoms with Crippen LogP contribution >= 0.6 is 0 Å². The fourth-order valence-electron chi connectivity index (χ4n) is 2.50. The van der Waals surface area contributed by atoms with Crippen LogP contribution in [0.1, 0.15) is 27.5 Å². The number of Topliss-reactive ketones (excluding diaryl/α,β-unsaturated/α-hetero) is 1. The number of rotatable bonds is 2. The van der Waals surface area contributed by atoms with Crippen LogP contribution in [0.5, 0.6) is 5.75 Å². The molecule has 0 aliphatic carbocycles. The van der Waals surface area contributed by atoms with Crippen molar-refractivity contribution in [3.05, 3.63) is 65.2 Å². The molecule has 2 aromatic rings. The van der Waals surface area contributed by atoms with Gasteiger partial charge in [0.15, 0.2) is 5.78 Å². The van der Waals surface area contributed by atoms with Gasteiger partial charge in [0.1, 0.15) is 5.75 Å². The Morgan fingerprint density at radius 1 is 1.16 bits per heavy atom. The molecule has 0 bridgehead atoms. The molecular formula is C16H15NO2. The van der Waals surface area contributed by atoms with E-state index < -0.39 is 0 Å². The molecule has 3 nitrogen and oxygen atoms in total. The van der Waals surface area contributed by atoms with Crippen LogP contribution in [0.25, 0.3) is 0 Å². The van der Waals surface area contributed by atoms with Crippen molar-refractivity contribution in [3.8, 4) is 5.75 Å². The number of ketones is 1. The van der Waals surface area contributed by atoms with Crippen molar-refractivity contribution in [1.29, 1.82) is 0 Å². The summed E-state index contributed by atoms with van der Waals surface area (Å²) in [5.41, 5.74) is 2.93. The molecule has 0 aromatic heterocycles. The summed E-state index contributed by atoms with van der Waals surface area (Å²) in [6, 6.07) is 15.8. The zero-order valence-corrected chi connectivity index (χ0v) is 10.7. The van der Waals surface area contributed by atoms with Gasteiger partial charge in [-0.2, -0.15) is 0 Å². The third kappa shape index (κ3) is 2.13. The summed E-state index contributed by atoms with van der Waals surface area (Å²) in [7, 11) is 1.64. The largest absolute Gasteiger partial charge is 0.497 e. The Hall–Kier alpha value is -2.13. The van der Waals surface area contributed by atoms with Crippen molar-refractivity contribution < 1.29 is 9.53 Å². The van der Waals surface area contributed by atoms with Gasteiger partial charge in [0.05, 0.1) is 19.7 Å². The molecule has 0 saturated carbocycles. The number of benzene rings is 2. The average molecular weight is 253 g/mol. The Kier molecular flexibility index (Phi) is 3.05. The maximum absolute atomic E-state index is 12.0. The second kappa shape index (κ2) is 4.86. The molecule has 2 aromatic carbocycles. The number of hydrogen-bond acceptors (Lipinski definition) is 3. The summed E-state index contributed by atoms with van der Waals surface area (Å²) in [5, 5.41) is 3.29. The third-order valence-electron chi connectivity index (χ3n) is 3.47. The highest BCUT2D eigenvalue weighted by atomic mass is 16.5. The lowest BCUT2D eigenvalue weighted by Gasteiger charge is -2.26. The maximum Gasteiger partial charge on any atom is 0.176 e. The normalized spacial score (nSPS) is 17.9. The predicted molar refractivity (Wildman–Crippen MR) is 73.6 cm³/mol. The number of carbonyl (C=O) groups is 1. The van der Waals surface area contributed by atoms with Gasteiger partial charge in [0.25, 0.3) is 0 Å². The Morgan fingerprint density at radius 2 is 1.95 bits per heavy atom. The molecule has 1 N–H and O–H groups in total. The molecule has 1 atom stereocenters. The lowest BCUT2D eigenvalue weighted by molar-refractivity contribution is 0.0978. The maximum atomic E-state index is 12.0. The number of fused-ring (bicyclic) bond motifs is 1. The molecule has 0 radical (unpaired) electrons. The first-order valence-electron chi connectivity index (χ1n) is 6.29. The zero-order valence-electron chi connectivity index (χ0n) is 10.7. The Balaban J connectivity index is 2.11. The van der Waals surface area contributed by atoms with E-state index in [0.717, 1.165) is 22.4 Å². The molecule has 1 aliphatic heterocycles. The summed E-state index contributed by atoms with van der Waals surface area (Å²) in [6.45, 7) is 0.374. The van der Waals surface area contributed by atoms with Gasteiger partial charge < -0.3 is 4.74 Å². The molecule has 3 heteroatoms. The highest BCUT2D eigenvalue weighted by Gasteiger charge is 2.26. The monoisotopic (exact) mass is 253 g/mol. The van der Waals surface area contributed by atoms with E-state index in [1.165, 1.54) is 0 Å².